The van der Waals surface area contributed by atoms with Gasteiger partial charge in [-0.3, -0.25) is 4.79 Å². The Morgan fingerprint density at radius 3 is 2.26 bits per heavy atom. The van der Waals surface area contributed by atoms with E-state index in [0.717, 1.165) is 33.7 Å². The Hall–Kier alpha value is -2.29. The van der Waals surface area contributed by atoms with Crippen LogP contribution in [0.2, 0.25) is 0 Å². The van der Waals surface area contributed by atoms with E-state index in [1.807, 2.05) is 71.0 Å². The zero-order valence-electron chi connectivity index (χ0n) is 14.6. The minimum atomic E-state index is -0.504. The predicted molar refractivity (Wildman–Crippen MR) is 95.2 cm³/mol. The molecule has 122 valence electrons. The van der Waals surface area contributed by atoms with Gasteiger partial charge in [0.1, 0.15) is 5.75 Å². The van der Waals surface area contributed by atoms with Crippen LogP contribution in [0, 0.1) is 27.7 Å². The summed E-state index contributed by atoms with van der Waals surface area (Å²) in [7, 11) is 0. The molecule has 1 N–H and O–H groups in total. The van der Waals surface area contributed by atoms with Crippen molar-refractivity contribution in [3.05, 3.63) is 58.7 Å². The van der Waals surface area contributed by atoms with E-state index in [-0.39, 0.29) is 5.91 Å². The number of benzene rings is 2. The summed E-state index contributed by atoms with van der Waals surface area (Å²) >= 11 is 0. The van der Waals surface area contributed by atoms with E-state index in [1.54, 1.807) is 0 Å². The zero-order valence-corrected chi connectivity index (χ0v) is 14.6. The fourth-order valence-electron chi connectivity index (χ4n) is 2.39. The maximum Gasteiger partial charge on any atom is 0.265 e. The first-order valence-electron chi connectivity index (χ1n) is 8.02. The van der Waals surface area contributed by atoms with Crippen LogP contribution in [0.25, 0.3) is 0 Å². The van der Waals surface area contributed by atoms with E-state index in [0.29, 0.717) is 6.42 Å². The van der Waals surface area contributed by atoms with Gasteiger partial charge in [-0.25, -0.2) is 0 Å². The van der Waals surface area contributed by atoms with Gasteiger partial charge in [-0.15, -0.1) is 0 Å². The Bertz CT molecular complexity index is 707. The molecule has 3 nitrogen and oxygen atoms in total. The first kappa shape index (κ1) is 17.1. The van der Waals surface area contributed by atoms with Gasteiger partial charge >= 0.3 is 0 Å². The number of aryl methyl sites for hydroxylation is 4. The Kier molecular flexibility index (Phi) is 5.43. The van der Waals surface area contributed by atoms with Crippen molar-refractivity contribution in [3.8, 4) is 5.75 Å². The molecule has 0 saturated carbocycles. The van der Waals surface area contributed by atoms with E-state index in [2.05, 4.69) is 5.32 Å². The number of amides is 1. The zero-order chi connectivity index (χ0) is 17.0. The van der Waals surface area contributed by atoms with Crippen LogP contribution in [0.1, 0.15) is 35.6 Å². The van der Waals surface area contributed by atoms with Crippen LogP contribution in [0.4, 0.5) is 5.69 Å². The number of nitrogens with one attached hydrogen (secondary N) is 1. The van der Waals surface area contributed by atoms with E-state index in [4.69, 9.17) is 4.74 Å². The van der Waals surface area contributed by atoms with Gasteiger partial charge in [-0.05, 0) is 68.5 Å². The van der Waals surface area contributed by atoms with Gasteiger partial charge in [0.25, 0.3) is 5.91 Å². The van der Waals surface area contributed by atoms with Crippen molar-refractivity contribution >= 4 is 11.6 Å². The number of hydrogen-bond acceptors (Lipinski definition) is 2. The van der Waals surface area contributed by atoms with E-state index in [9.17, 15) is 4.79 Å². The summed E-state index contributed by atoms with van der Waals surface area (Å²) in [5.41, 5.74) is 5.17. The molecular formula is C20H25NO2. The third kappa shape index (κ3) is 4.35. The molecule has 0 unspecified atom stereocenters. The maximum absolute atomic E-state index is 12.6. The average Bonchev–Trinajstić information content (AvgIpc) is 2.51. The largest absolute Gasteiger partial charge is 0.480 e. The third-order valence-electron chi connectivity index (χ3n) is 3.93. The summed E-state index contributed by atoms with van der Waals surface area (Å²) in [6, 6.07) is 12.1. The number of anilines is 1. The molecule has 0 bridgehead atoms. The molecule has 23 heavy (non-hydrogen) atoms. The number of carbonyl (C=O) groups excluding carboxylic acids is 1. The Morgan fingerprint density at radius 2 is 1.61 bits per heavy atom. The van der Waals surface area contributed by atoms with Crippen LogP contribution in [0.3, 0.4) is 0 Å². The first-order chi connectivity index (χ1) is 10.9. The van der Waals surface area contributed by atoms with Gasteiger partial charge in [-0.2, -0.15) is 0 Å². The molecule has 0 aromatic heterocycles. The lowest BCUT2D eigenvalue weighted by atomic mass is 10.1. The highest BCUT2D eigenvalue weighted by molar-refractivity contribution is 5.95. The number of carbonyl (C=O) groups is 1. The molecule has 3 heteroatoms. The number of ether oxygens (including phenoxy) is 1. The highest BCUT2D eigenvalue weighted by Gasteiger charge is 2.20. The monoisotopic (exact) mass is 311 g/mol. The Labute approximate surface area is 138 Å². The quantitative estimate of drug-likeness (QED) is 0.868. The van der Waals surface area contributed by atoms with Gasteiger partial charge in [-0.1, -0.05) is 31.2 Å². The van der Waals surface area contributed by atoms with Gasteiger partial charge in [0, 0.05) is 5.69 Å². The van der Waals surface area contributed by atoms with Gasteiger partial charge in [0.15, 0.2) is 6.10 Å². The first-order valence-corrected chi connectivity index (χ1v) is 8.02. The summed E-state index contributed by atoms with van der Waals surface area (Å²) < 4.78 is 5.97. The van der Waals surface area contributed by atoms with E-state index < -0.39 is 6.10 Å². The molecule has 2 aromatic rings. The smallest absolute Gasteiger partial charge is 0.265 e. The van der Waals surface area contributed by atoms with Crippen LogP contribution in [-0.4, -0.2) is 12.0 Å². The lowest BCUT2D eigenvalue weighted by Crippen LogP contribution is -2.32. The van der Waals surface area contributed by atoms with Crippen LogP contribution in [0.5, 0.6) is 5.75 Å². The summed E-state index contributed by atoms with van der Waals surface area (Å²) in [4.78, 5) is 12.6. The van der Waals surface area contributed by atoms with Gasteiger partial charge in [0.05, 0.1) is 0 Å². The Morgan fingerprint density at radius 1 is 1.00 bits per heavy atom. The van der Waals surface area contributed by atoms with Crippen LogP contribution >= 0.6 is 0 Å². The normalized spacial score (nSPS) is 11.9. The van der Waals surface area contributed by atoms with Crippen molar-refractivity contribution in [3.63, 3.8) is 0 Å². The number of hydrogen-bond donors (Lipinski definition) is 1. The van der Waals surface area contributed by atoms with Crippen molar-refractivity contribution in [2.45, 2.75) is 47.1 Å². The molecule has 0 radical (unpaired) electrons. The lowest BCUT2D eigenvalue weighted by Gasteiger charge is -2.20. The van der Waals surface area contributed by atoms with Crippen LogP contribution < -0.4 is 10.1 Å². The molecule has 1 amide bonds. The summed E-state index contributed by atoms with van der Waals surface area (Å²) in [6.45, 7) is 9.96. The summed E-state index contributed by atoms with van der Waals surface area (Å²) in [6.07, 6.45) is 0.111. The van der Waals surface area contributed by atoms with Crippen molar-refractivity contribution in [1.82, 2.24) is 0 Å². The molecule has 2 rings (SSSR count). The van der Waals surface area contributed by atoms with Crippen molar-refractivity contribution in [2.75, 3.05) is 5.32 Å². The minimum Gasteiger partial charge on any atom is -0.480 e. The second-order valence-electron chi connectivity index (χ2n) is 6.09. The molecule has 0 fully saturated rings. The van der Waals surface area contributed by atoms with Gasteiger partial charge < -0.3 is 10.1 Å². The average molecular weight is 311 g/mol. The summed E-state index contributed by atoms with van der Waals surface area (Å²) in [5, 5.41) is 2.99. The standard InChI is InChI=1S/C20H25NO2/c1-6-18(23-19-12-14(3)8-10-16(19)5)20(22)21-17-11-13(2)7-9-15(17)4/h7-12,18H,6H2,1-5H3,(H,21,22)/t18-/m1/s1. The second-order valence-corrected chi connectivity index (χ2v) is 6.09. The molecular weight excluding hydrogens is 286 g/mol. The molecule has 0 heterocycles. The molecule has 0 spiro atoms. The molecule has 0 saturated heterocycles. The van der Waals surface area contributed by atoms with Crippen LogP contribution in [-0.2, 0) is 4.79 Å². The SMILES string of the molecule is CC[C@@H](Oc1cc(C)ccc1C)C(=O)Nc1cc(C)ccc1C. The van der Waals surface area contributed by atoms with E-state index in [1.165, 1.54) is 0 Å². The fourth-order valence-corrected chi connectivity index (χ4v) is 2.39. The third-order valence-corrected chi connectivity index (χ3v) is 3.93. The second kappa shape index (κ2) is 7.32. The van der Waals surface area contributed by atoms with Crippen molar-refractivity contribution < 1.29 is 9.53 Å². The maximum atomic E-state index is 12.6. The topological polar surface area (TPSA) is 38.3 Å². The van der Waals surface area contributed by atoms with Crippen LogP contribution in [0.15, 0.2) is 36.4 Å². The highest BCUT2D eigenvalue weighted by atomic mass is 16.5. The highest BCUT2D eigenvalue weighted by Crippen LogP contribution is 2.22. The molecule has 2 aromatic carbocycles. The van der Waals surface area contributed by atoms with Gasteiger partial charge in [0.2, 0.25) is 0 Å². The lowest BCUT2D eigenvalue weighted by molar-refractivity contribution is -0.122. The summed E-state index contributed by atoms with van der Waals surface area (Å²) in [5.74, 6) is 0.662. The fraction of sp³-hybridized carbons (Fsp3) is 0.350. The van der Waals surface area contributed by atoms with Crippen molar-refractivity contribution in [2.24, 2.45) is 0 Å². The molecule has 0 aliphatic heterocycles. The number of rotatable bonds is 5. The predicted octanol–water partition coefficient (Wildman–Crippen LogP) is 4.72. The molecule has 0 aliphatic rings. The minimum absolute atomic E-state index is 0.109. The molecule has 0 aliphatic carbocycles. The van der Waals surface area contributed by atoms with Crippen molar-refractivity contribution in [1.29, 1.82) is 0 Å². The van der Waals surface area contributed by atoms with E-state index >= 15 is 0 Å². The Balaban J connectivity index is 2.15. The molecule has 1 atom stereocenters.